The maximum Gasteiger partial charge on any atom is 0.244 e. The maximum absolute atomic E-state index is 12.2. The van der Waals surface area contributed by atoms with E-state index < -0.39 is 6.04 Å². The topological polar surface area (TPSA) is 46.3 Å². The molecule has 94 valence electrons. The lowest BCUT2D eigenvalue weighted by Crippen LogP contribution is -2.46. The zero-order valence-corrected chi connectivity index (χ0v) is 11.1. The quantitative estimate of drug-likeness (QED) is 0.869. The second-order valence-electron chi connectivity index (χ2n) is 4.69. The molecule has 0 aromatic heterocycles. The number of carbonyl (C=O) groups is 1. The standard InChI is InChI=1S/C14H22N2O/c1-5-16(14(17)13(15)10(2)3)12-8-6-11(4)7-9-12/h6-10,13H,5,15H2,1-4H3/t13-/m0/s1. The van der Waals surface area contributed by atoms with Gasteiger partial charge < -0.3 is 10.6 Å². The average Bonchev–Trinajstić information content (AvgIpc) is 2.31. The number of aryl methyl sites for hydroxylation is 1. The third-order valence-corrected chi connectivity index (χ3v) is 2.93. The Kier molecular flexibility index (Phi) is 4.70. The third-order valence-electron chi connectivity index (χ3n) is 2.93. The Bertz CT molecular complexity index is 370. The highest BCUT2D eigenvalue weighted by atomic mass is 16.2. The molecule has 17 heavy (non-hydrogen) atoms. The number of hydrogen-bond donors (Lipinski definition) is 1. The van der Waals surface area contributed by atoms with Crippen molar-refractivity contribution in [3.8, 4) is 0 Å². The molecule has 2 N–H and O–H groups in total. The molecule has 1 aromatic carbocycles. The molecule has 1 aromatic rings. The predicted octanol–water partition coefficient (Wildman–Crippen LogP) is 2.33. The molecule has 0 aliphatic carbocycles. The Morgan fingerprint density at radius 3 is 2.24 bits per heavy atom. The van der Waals surface area contributed by atoms with Crippen LogP contribution in [0.5, 0.6) is 0 Å². The Morgan fingerprint density at radius 1 is 1.29 bits per heavy atom. The van der Waals surface area contributed by atoms with Crippen molar-refractivity contribution < 1.29 is 4.79 Å². The molecule has 3 heteroatoms. The highest BCUT2D eigenvalue weighted by molar-refractivity contribution is 5.97. The summed E-state index contributed by atoms with van der Waals surface area (Å²) in [5.74, 6) is 0.147. The van der Waals surface area contributed by atoms with Crippen LogP contribution in [0.25, 0.3) is 0 Å². The van der Waals surface area contributed by atoms with Gasteiger partial charge in [0.2, 0.25) is 5.91 Å². The van der Waals surface area contributed by atoms with Gasteiger partial charge in [0.15, 0.2) is 0 Å². The number of anilines is 1. The van der Waals surface area contributed by atoms with Crippen LogP contribution in [-0.2, 0) is 4.79 Å². The zero-order chi connectivity index (χ0) is 13.0. The molecule has 0 fully saturated rings. The Balaban J connectivity index is 2.91. The summed E-state index contributed by atoms with van der Waals surface area (Å²) in [5, 5.41) is 0. The fraction of sp³-hybridized carbons (Fsp3) is 0.500. The van der Waals surface area contributed by atoms with Gasteiger partial charge in [-0.25, -0.2) is 0 Å². The zero-order valence-electron chi connectivity index (χ0n) is 11.1. The van der Waals surface area contributed by atoms with E-state index in [9.17, 15) is 4.79 Å². The Morgan fingerprint density at radius 2 is 1.82 bits per heavy atom. The largest absolute Gasteiger partial charge is 0.320 e. The van der Waals surface area contributed by atoms with E-state index in [1.165, 1.54) is 5.56 Å². The van der Waals surface area contributed by atoms with Gasteiger partial charge in [-0.05, 0) is 31.9 Å². The molecule has 0 heterocycles. The summed E-state index contributed by atoms with van der Waals surface area (Å²) in [5.41, 5.74) is 8.01. The number of amides is 1. The number of rotatable bonds is 4. The Hall–Kier alpha value is -1.35. The molecule has 0 aliphatic heterocycles. The van der Waals surface area contributed by atoms with Crippen molar-refractivity contribution in [2.45, 2.75) is 33.7 Å². The molecule has 1 rings (SSSR count). The monoisotopic (exact) mass is 234 g/mol. The highest BCUT2D eigenvalue weighted by Crippen LogP contribution is 2.17. The van der Waals surface area contributed by atoms with Gasteiger partial charge in [-0.2, -0.15) is 0 Å². The first kappa shape index (κ1) is 13.7. The van der Waals surface area contributed by atoms with E-state index in [1.807, 2.05) is 52.0 Å². The maximum atomic E-state index is 12.2. The summed E-state index contributed by atoms with van der Waals surface area (Å²) in [7, 11) is 0. The van der Waals surface area contributed by atoms with Crippen LogP contribution in [0.2, 0.25) is 0 Å². The fourth-order valence-corrected chi connectivity index (χ4v) is 1.66. The highest BCUT2D eigenvalue weighted by Gasteiger charge is 2.23. The molecule has 0 bridgehead atoms. The molecule has 3 nitrogen and oxygen atoms in total. The number of benzene rings is 1. The van der Waals surface area contributed by atoms with Crippen molar-refractivity contribution in [1.82, 2.24) is 0 Å². The fourth-order valence-electron chi connectivity index (χ4n) is 1.66. The van der Waals surface area contributed by atoms with E-state index in [0.717, 1.165) is 5.69 Å². The lowest BCUT2D eigenvalue weighted by molar-refractivity contribution is -0.120. The van der Waals surface area contributed by atoms with E-state index in [-0.39, 0.29) is 11.8 Å². The van der Waals surface area contributed by atoms with Crippen LogP contribution in [0.15, 0.2) is 24.3 Å². The van der Waals surface area contributed by atoms with E-state index in [2.05, 4.69) is 0 Å². The minimum atomic E-state index is -0.434. The summed E-state index contributed by atoms with van der Waals surface area (Å²) in [4.78, 5) is 13.9. The first-order chi connectivity index (χ1) is 7.97. The van der Waals surface area contributed by atoms with Gasteiger partial charge >= 0.3 is 0 Å². The van der Waals surface area contributed by atoms with Gasteiger partial charge in [0.05, 0.1) is 6.04 Å². The minimum Gasteiger partial charge on any atom is -0.320 e. The number of hydrogen-bond acceptors (Lipinski definition) is 2. The number of nitrogens with zero attached hydrogens (tertiary/aromatic N) is 1. The van der Waals surface area contributed by atoms with Gasteiger partial charge in [0.1, 0.15) is 0 Å². The molecular formula is C14H22N2O. The molecule has 0 radical (unpaired) electrons. The van der Waals surface area contributed by atoms with E-state index in [4.69, 9.17) is 5.73 Å². The second kappa shape index (κ2) is 5.82. The lowest BCUT2D eigenvalue weighted by Gasteiger charge is -2.26. The van der Waals surface area contributed by atoms with Crippen molar-refractivity contribution in [1.29, 1.82) is 0 Å². The van der Waals surface area contributed by atoms with Gasteiger partial charge in [-0.15, -0.1) is 0 Å². The molecule has 0 aliphatic rings. The van der Waals surface area contributed by atoms with Crippen LogP contribution in [0.1, 0.15) is 26.3 Å². The molecule has 0 saturated heterocycles. The number of likely N-dealkylation sites (N-methyl/N-ethyl adjacent to an activating group) is 1. The van der Waals surface area contributed by atoms with Crippen LogP contribution < -0.4 is 10.6 Å². The smallest absolute Gasteiger partial charge is 0.244 e. The van der Waals surface area contributed by atoms with Crippen molar-refractivity contribution in [2.24, 2.45) is 11.7 Å². The van der Waals surface area contributed by atoms with Crippen LogP contribution in [0, 0.1) is 12.8 Å². The van der Waals surface area contributed by atoms with Gasteiger partial charge in [-0.1, -0.05) is 31.5 Å². The average molecular weight is 234 g/mol. The number of nitrogens with two attached hydrogens (primary N) is 1. The molecule has 0 spiro atoms. The second-order valence-corrected chi connectivity index (χ2v) is 4.69. The number of carbonyl (C=O) groups excluding carboxylic acids is 1. The van der Waals surface area contributed by atoms with Crippen LogP contribution >= 0.6 is 0 Å². The third kappa shape index (κ3) is 3.30. The minimum absolute atomic E-state index is 0.00801. The normalized spacial score (nSPS) is 12.6. The SMILES string of the molecule is CCN(C(=O)[C@@H](N)C(C)C)c1ccc(C)cc1. The van der Waals surface area contributed by atoms with Crippen molar-refractivity contribution in [3.05, 3.63) is 29.8 Å². The van der Waals surface area contributed by atoms with Crippen molar-refractivity contribution >= 4 is 11.6 Å². The van der Waals surface area contributed by atoms with Gasteiger partial charge in [0, 0.05) is 12.2 Å². The first-order valence-electron chi connectivity index (χ1n) is 6.11. The van der Waals surface area contributed by atoms with Gasteiger partial charge in [0.25, 0.3) is 0 Å². The summed E-state index contributed by atoms with van der Waals surface area (Å²) < 4.78 is 0. The van der Waals surface area contributed by atoms with Crippen LogP contribution in [-0.4, -0.2) is 18.5 Å². The first-order valence-corrected chi connectivity index (χ1v) is 6.11. The van der Waals surface area contributed by atoms with E-state index in [1.54, 1.807) is 4.90 Å². The van der Waals surface area contributed by atoms with Crippen LogP contribution in [0.4, 0.5) is 5.69 Å². The predicted molar refractivity (Wildman–Crippen MR) is 72.0 cm³/mol. The summed E-state index contributed by atoms with van der Waals surface area (Å²) >= 11 is 0. The van der Waals surface area contributed by atoms with Crippen molar-refractivity contribution in [3.63, 3.8) is 0 Å². The van der Waals surface area contributed by atoms with E-state index >= 15 is 0 Å². The molecule has 1 amide bonds. The Labute approximate surface area is 104 Å². The molecular weight excluding hydrogens is 212 g/mol. The summed E-state index contributed by atoms with van der Waals surface area (Å²) in [6.07, 6.45) is 0. The van der Waals surface area contributed by atoms with E-state index in [0.29, 0.717) is 6.54 Å². The summed E-state index contributed by atoms with van der Waals surface area (Å²) in [6, 6.07) is 7.50. The van der Waals surface area contributed by atoms with Crippen LogP contribution in [0.3, 0.4) is 0 Å². The summed E-state index contributed by atoms with van der Waals surface area (Å²) in [6.45, 7) is 8.56. The molecule has 0 unspecified atom stereocenters. The van der Waals surface area contributed by atoms with Crippen molar-refractivity contribution in [2.75, 3.05) is 11.4 Å². The molecule has 1 atom stereocenters. The lowest BCUT2D eigenvalue weighted by atomic mass is 10.0. The molecule has 0 saturated carbocycles. The van der Waals surface area contributed by atoms with Gasteiger partial charge in [-0.3, -0.25) is 4.79 Å².